The van der Waals surface area contributed by atoms with Gasteiger partial charge in [-0.25, -0.2) is 8.42 Å². The van der Waals surface area contributed by atoms with E-state index in [1.807, 2.05) is 19.1 Å². The largest absolute Gasteiger partial charge is 0.261 e. The van der Waals surface area contributed by atoms with Gasteiger partial charge in [-0.15, -0.1) is 11.3 Å². The lowest BCUT2D eigenvalue weighted by atomic mass is 10.2. The van der Waals surface area contributed by atoms with E-state index >= 15 is 0 Å². The molecule has 1 aromatic carbocycles. The predicted octanol–water partition coefficient (Wildman–Crippen LogP) is 3.65. The van der Waals surface area contributed by atoms with Crippen molar-refractivity contribution in [3.8, 4) is 10.4 Å². The number of hydrogen-bond acceptors (Lipinski definition) is 3. The molecule has 16 heavy (non-hydrogen) atoms. The summed E-state index contributed by atoms with van der Waals surface area (Å²) in [6.45, 7) is 2.03. The Morgan fingerprint density at radius 1 is 1.06 bits per heavy atom. The second-order valence-corrected chi connectivity index (χ2v) is 7.23. The highest BCUT2D eigenvalue weighted by molar-refractivity contribution is 8.13. The average molecular weight is 273 g/mol. The summed E-state index contributed by atoms with van der Waals surface area (Å²) in [6, 6.07) is 10.6. The minimum atomic E-state index is -3.62. The summed E-state index contributed by atoms with van der Waals surface area (Å²) in [7, 11) is 1.61. The quantitative estimate of drug-likeness (QED) is 0.782. The van der Waals surface area contributed by atoms with Crippen molar-refractivity contribution in [1.29, 1.82) is 0 Å². The maximum absolute atomic E-state index is 11.1. The van der Waals surface area contributed by atoms with Gasteiger partial charge in [0, 0.05) is 20.4 Å². The Labute approximate surface area is 103 Å². The number of aryl methyl sites for hydroxylation is 1. The molecule has 0 spiro atoms. The molecular weight excluding hydrogens is 264 g/mol. The predicted molar refractivity (Wildman–Crippen MR) is 67.5 cm³/mol. The fraction of sp³-hybridized carbons (Fsp3) is 0.0909. The Balaban J connectivity index is 2.40. The van der Waals surface area contributed by atoms with Gasteiger partial charge in [-0.05, 0) is 36.8 Å². The van der Waals surface area contributed by atoms with Crippen LogP contribution in [0.5, 0.6) is 0 Å². The Morgan fingerprint density at radius 3 is 2.12 bits per heavy atom. The van der Waals surface area contributed by atoms with Gasteiger partial charge in [-0.1, -0.05) is 12.1 Å². The number of thiophene rings is 1. The van der Waals surface area contributed by atoms with Crippen molar-refractivity contribution >= 4 is 31.1 Å². The molecule has 1 aromatic heterocycles. The van der Waals surface area contributed by atoms with Crippen LogP contribution >= 0.6 is 22.0 Å². The minimum Gasteiger partial charge on any atom is -0.207 e. The molecule has 0 aliphatic rings. The zero-order valence-electron chi connectivity index (χ0n) is 8.48. The van der Waals surface area contributed by atoms with Gasteiger partial charge >= 0.3 is 0 Å². The molecule has 2 nitrogen and oxygen atoms in total. The van der Waals surface area contributed by atoms with Gasteiger partial charge in [0.15, 0.2) is 0 Å². The minimum absolute atomic E-state index is 0.131. The maximum Gasteiger partial charge on any atom is 0.261 e. The lowest BCUT2D eigenvalue weighted by Crippen LogP contribution is -1.89. The molecule has 2 aromatic rings. The van der Waals surface area contributed by atoms with Crippen LogP contribution in [-0.4, -0.2) is 8.42 Å². The molecule has 0 radical (unpaired) electrons. The van der Waals surface area contributed by atoms with E-state index in [1.54, 1.807) is 23.5 Å². The molecule has 0 N–H and O–H groups in total. The summed E-state index contributed by atoms with van der Waals surface area (Å²) in [5.74, 6) is 0. The molecule has 0 saturated carbocycles. The standard InChI is InChI=1S/C11H9ClO2S2/c1-8-2-7-11(15-8)9-3-5-10(6-4-9)16(12,13)14/h2-7H,1H3. The van der Waals surface area contributed by atoms with Crippen LogP contribution in [-0.2, 0) is 9.05 Å². The second-order valence-electron chi connectivity index (χ2n) is 3.37. The third kappa shape index (κ3) is 2.45. The fourth-order valence-electron chi connectivity index (χ4n) is 1.37. The molecule has 0 fully saturated rings. The normalized spacial score (nSPS) is 11.6. The molecule has 0 unspecified atom stereocenters. The first-order valence-corrected chi connectivity index (χ1v) is 7.71. The van der Waals surface area contributed by atoms with Crippen molar-refractivity contribution in [2.45, 2.75) is 11.8 Å². The zero-order chi connectivity index (χ0) is 11.8. The van der Waals surface area contributed by atoms with Gasteiger partial charge in [-0.3, -0.25) is 0 Å². The first kappa shape index (κ1) is 11.6. The van der Waals surface area contributed by atoms with Gasteiger partial charge in [-0.2, -0.15) is 0 Å². The topological polar surface area (TPSA) is 34.1 Å². The first-order chi connectivity index (χ1) is 7.47. The van der Waals surface area contributed by atoms with E-state index in [1.165, 1.54) is 17.0 Å². The van der Waals surface area contributed by atoms with E-state index in [4.69, 9.17) is 10.7 Å². The summed E-state index contributed by atoms with van der Waals surface area (Å²) in [6.07, 6.45) is 0. The molecule has 0 amide bonds. The van der Waals surface area contributed by atoms with Crippen molar-refractivity contribution in [3.05, 3.63) is 41.3 Å². The molecule has 0 aliphatic carbocycles. The van der Waals surface area contributed by atoms with E-state index in [0.717, 1.165) is 10.4 Å². The van der Waals surface area contributed by atoms with Crippen LogP contribution in [0.3, 0.4) is 0 Å². The molecule has 0 aliphatic heterocycles. The Hall–Kier alpha value is -0.840. The van der Waals surface area contributed by atoms with Gasteiger partial charge in [0.05, 0.1) is 4.90 Å². The lowest BCUT2D eigenvalue weighted by Gasteiger charge is -1.99. The van der Waals surface area contributed by atoms with Gasteiger partial charge in [0.2, 0.25) is 0 Å². The average Bonchev–Trinajstić information content (AvgIpc) is 2.64. The van der Waals surface area contributed by atoms with Crippen molar-refractivity contribution < 1.29 is 8.42 Å². The highest BCUT2D eigenvalue weighted by Crippen LogP contribution is 2.28. The molecule has 2 rings (SSSR count). The van der Waals surface area contributed by atoms with Crippen LogP contribution in [0, 0.1) is 6.92 Å². The lowest BCUT2D eigenvalue weighted by molar-refractivity contribution is 0.609. The third-order valence-corrected chi connectivity index (χ3v) is 4.58. The second kappa shape index (κ2) is 4.20. The Bertz CT molecular complexity index is 597. The van der Waals surface area contributed by atoms with Crippen LogP contribution in [0.1, 0.15) is 4.88 Å². The van der Waals surface area contributed by atoms with E-state index < -0.39 is 9.05 Å². The Kier molecular flexibility index (Phi) is 3.06. The molecule has 5 heteroatoms. The number of hydrogen-bond donors (Lipinski definition) is 0. The van der Waals surface area contributed by atoms with Crippen molar-refractivity contribution in [2.75, 3.05) is 0 Å². The van der Waals surface area contributed by atoms with E-state index in [2.05, 4.69) is 0 Å². The van der Waals surface area contributed by atoms with Gasteiger partial charge < -0.3 is 0 Å². The monoisotopic (exact) mass is 272 g/mol. The number of halogens is 1. The van der Waals surface area contributed by atoms with Crippen LogP contribution < -0.4 is 0 Å². The molecule has 0 atom stereocenters. The van der Waals surface area contributed by atoms with E-state index in [-0.39, 0.29) is 4.90 Å². The molecule has 1 heterocycles. The highest BCUT2D eigenvalue weighted by atomic mass is 35.7. The SMILES string of the molecule is Cc1ccc(-c2ccc(S(=O)(=O)Cl)cc2)s1. The van der Waals surface area contributed by atoms with Gasteiger partial charge in [0.25, 0.3) is 9.05 Å². The molecule has 0 bridgehead atoms. The van der Waals surface area contributed by atoms with Crippen molar-refractivity contribution in [2.24, 2.45) is 0 Å². The molecule has 0 saturated heterocycles. The van der Waals surface area contributed by atoms with Crippen LogP contribution in [0.15, 0.2) is 41.3 Å². The zero-order valence-corrected chi connectivity index (χ0v) is 10.9. The van der Waals surface area contributed by atoms with Crippen molar-refractivity contribution in [3.63, 3.8) is 0 Å². The summed E-state index contributed by atoms with van der Waals surface area (Å²) in [4.78, 5) is 2.48. The summed E-state index contributed by atoms with van der Waals surface area (Å²) in [5, 5.41) is 0. The highest BCUT2D eigenvalue weighted by Gasteiger charge is 2.09. The van der Waals surface area contributed by atoms with E-state index in [9.17, 15) is 8.42 Å². The smallest absolute Gasteiger partial charge is 0.207 e. The van der Waals surface area contributed by atoms with Crippen LogP contribution in [0.2, 0.25) is 0 Å². The maximum atomic E-state index is 11.1. The summed E-state index contributed by atoms with van der Waals surface area (Å²) < 4.78 is 22.1. The van der Waals surface area contributed by atoms with Gasteiger partial charge in [0.1, 0.15) is 0 Å². The Morgan fingerprint density at radius 2 is 1.69 bits per heavy atom. The fourth-order valence-corrected chi connectivity index (χ4v) is 3.01. The van der Waals surface area contributed by atoms with Crippen LogP contribution in [0.25, 0.3) is 10.4 Å². The van der Waals surface area contributed by atoms with Crippen LogP contribution in [0.4, 0.5) is 0 Å². The van der Waals surface area contributed by atoms with E-state index in [0.29, 0.717) is 0 Å². The third-order valence-electron chi connectivity index (χ3n) is 2.16. The number of benzene rings is 1. The molecular formula is C11H9ClO2S2. The van der Waals surface area contributed by atoms with Crippen molar-refractivity contribution in [1.82, 2.24) is 0 Å². The summed E-state index contributed by atoms with van der Waals surface area (Å²) in [5.41, 5.74) is 1.00. The summed E-state index contributed by atoms with van der Waals surface area (Å²) >= 11 is 1.67. The first-order valence-electron chi connectivity index (χ1n) is 4.58. The number of rotatable bonds is 2. The molecule has 84 valence electrons.